The molecule has 1 aromatic heterocycles. The average molecular weight is 467 g/mol. The number of hydrogen-bond donors (Lipinski definition) is 0. The van der Waals surface area contributed by atoms with Crippen molar-refractivity contribution >= 4 is 0 Å². The maximum atomic E-state index is 14.1. The lowest BCUT2D eigenvalue weighted by Gasteiger charge is -2.12. The third kappa shape index (κ3) is 4.46. The van der Waals surface area contributed by atoms with Crippen LogP contribution < -0.4 is 5.69 Å². The second-order valence-corrected chi connectivity index (χ2v) is 8.51. The van der Waals surface area contributed by atoms with E-state index in [1.165, 1.54) is 0 Å². The molecular weight excluding hydrogens is 444 g/mol. The van der Waals surface area contributed by atoms with Crippen LogP contribution in [0.15, 0.2) is 114 Å². The predicted molar refractivity (Wildman–Crippen MR) is 140 cm³/mol. The van der Waals surface area contributed by atoms with Crippen molar-refractivity contribution in [1.82, 2.24) is 9.13 Å². The molecule has 0 N–H and O–H groups in total. The average Bonchev–Trinajstić information content (AvgIpc) is 3.20. The molecule has 5 heteroatoms. The molecule has 0 amide bonds. The van der Waals surface area contributed by atoms with E-state index >= 15 is 0 Å². The van der Waals surface area contributed by atoms with Crippen molar-refractivity contribution in [2.45, 2.75) is 13.1 Å². The molecule has 0 fully saturated rings. The van der Waals surface area contributed by atoms with Crippen molar-refractivity contribution < 1.29 is 0 Å². The molecule has 0 aliphatic heterocycles. The number of nitriles is 2. The highest BCUT2D eigenvalue weighted by Crippen LogP contribution is 2.33. The Bertz CT molecular complexity index is 1540. The van der Waals surface area contributed by atoms with Crippen molar-refractivity contribution in [2.24, 2.45) is 0 Å². The smallest absolute Gasteiger partial charge is 0.287 e. The van der Waals surface area contributed by atoms with Crippen molar-refractivity contribution in [1.29, 1.82) is 10.5 Å². The molecule has 0 unspecified atom stereocenters. The number of nitrogens with zero attached hydrogens (tertiary/aromatic N) is 4. The minimum atomic E-state index is -0.155. The van der Waals surface area contributed by atoms with Crippen LogP contribution in [0.3, 0.4) is 0 Å². The molecule has 0 saturated heterocycles. The van der Waals surface area contributed by atoms with Gasteiger partial charge in [0.25, 0.3) is 0 Å². The summed E-state index contributed by atoms with van der Waals surface area (Å²) in [6.07, 6.45) is 0. The van der Waals surface area contributed by atoms with Gasteiger partial charge in [-0.2, -0.15) is 10.5 Å². The van der Waals surface area contributed by atoms with Crippen LogP contribution in [0, 0.1) is 22.7 Å². The van der Waals surface area contributed by atoms with Crippen LogP contribution in [0.4, 0.5) is 0 Å². The van der Waals surface area contributed by atoms with Gasteiger partial charge < -0.3 is 0 Å². The summed E-state index contributed by atoms with van der Waals surface area (Å²) in [6.45, 7) is 0.646. The van der Waals surface area contributed by atoms with Gasteiger partial charge in [-0.15, -0.1) is 0 Å². The maximum Gasteiger partial charge on any atom is 0.329 e. The normalized spacial score (nSPS) is 10.5. The first-order chi connectivity index (χ1) is 17.7. The van der Waals surface area contributed by atoms with Crippen molar-refractivity contribution in [3.05, 3.63) is 142 Å². The van der Waals surface area contributed by atoms with Gasteiger partial charge in [0.1, 0.15) is 0 Å². The van der Waals surface area contributed by atoms with Gasteiger partial charge in [-0.1, -0.05) is 84.9 Å². The lowest BCUT2D eigenvalue weighted by Crippen LogP contribution is -2.26. The highest BCUT2D eigenvalue weighted by molar-refractivity contribution is 5.79. The molecule has 5 aromatic rings. The molecule has 172 valence electrons. The Hall–Kier alpha value is -5.13. The van der Waals surface area contributed by atoms with Gasteiger partial charge in [-0.3, -0.25) is 9.13 Å². The third-order valence-corrected chi connectivity index (χ3v) is 6.11. The number of benzene rings is 4. The van der Waals surface area contributed by atoms with Crippen LogP contribution in [-0.4, -0.2) is 9.13 Å². The molecule has 0 bridgehead atoms. The molecule has 0 aliphatic rings. The molecule has 0 radical (unpaired) electrons. The standard InChI is InChI=1S/C31H22N4O/c32-19-23-9-7-11-25(17-23)21-34-29(27-13-3-1-4-14-27)30(28-15-5-2-6-16-28)35(31(34)36)22-26-12-8-10-24(18-26)20-33/h1-18H,21-22H2. The van der Waals surface area contributed by atoms with Crippen LogP contribution in [0.25, 0.3) is 22.5 Å². The van der Waals surface area contributed by atoms with Crippen molar-refractivity contribution in [2.75, 3.05) is 0 Å². The van der Waals surface area contributed by atoms with Gasteiger partial charge in [0.2, 0.25) is 0 Å². The fourth-order valence-electron chi connectivity index (χ4n) is 4.51. The zero-order valence-corrected chi connectivity index (χ0v) is 19.5. The summed E-state index contributed by atoms with van der Waals surface area (Å²) >= 11 is 0. The lowest BCUT2D eigenvalue weighted by molar-refractivity contribution is 0.689. The third-order valence-electron chi connectivity index (χ3n) is 6.11. The van der Waals surface area contributed by atoms with Crippen LogP contribution in [0.2, 0.25) is 0 Å². The Kier molecular flexibility index (Phi) is 6.30. The summed E-state index contributed by atoms with van der Waals surface area (Å²) in [5.41, 5.74) is 6.17. The second kappa shape index (κ2) is 10.0. The molecular formula is C31H22N4O. The first-order valence-corrected chi connectivity index (χ1v) is 11.6. The number of imidazole rings is 1. The molecule has 0 aliphatic carbocycles. The number of aromatic nitrogens is 2. The summed E-state index contributed by atoms with van der Waals surface area (Å²) < 4.78 is 3.56. The first kappa shape index (κ1) is 22.7. The Morgan fingerprint density at radius 1 is 0.556 bits per heavy atom. The van der Waals surface area contributed by atoms with E-state index in [0.717, 1.165) is 33.6 Å². The van der Waals surface area contributed by atoms with E-state index in [2.05, 4.69) is 12.1 Å². The number of hydrogen-bond acceptors (Lipinski definition) is 3. The van der Waals surface area contributed by atoms with Crippen molar-refractivity contribution in [3.8, 4) is 34.7 Å². The first-order valence-electron chi connectivity index (χ1n) is 11.6. The SMILES string of the molecule is N#Cc1cccc(Cn2c(-c3ccccc3)c(-c3ccccc3)n(Cc3cccc(C#N)c3)c2=O)c1. The predicted octanol–water partition coefficient (Wildman–Crippen LogP) is 5.82. The van der Waals surface area contributed by atoms with Gasteiger partial charge in [0.05, 0.1) is 47.7 Å². The van der Waals surface area contributed by atoms with Gasteiger partial charge in [-0.05, 0) is 35.4 Å². The van der Waals surface area contributed by atoms with E-state index in [4.69, 9.17) is 0 Å². The molecule has 0 atom stereocenters. The highest BCUT2D eigenvalue weighted by atomic mass is 16.1. The second-order valence-electron chi connectivity index (χ2n) is 8.51. The molecule has 36 heavy (non-hydrogen) atoms. The van der Waals surface area contributed by atoms with E-state index in [-0.39, 0.29) is 5.69 Å². The maximum absolute atomic E-state index is 14.1. The van der Waals surface area contributed by atoms with E-state index in [1.807, 2.05) is 97.1 Å². The van der Waals surface area contributed by atoms with Gasteiger partial charge in [0.15, 0.2) is 0 Å². The summed E-state index contributed by atoms with van der Waals surface area (Å²) in [5, 5.41) is 18.7. The summed E-state index contributed by atoms with van der Waals surface area (Å²) in [6, 6.07) is 38.8. The Morgan fingerprint density at radius 2 is 0.972 bits per heavy atom. The van der Waals surface area contributed by atoms with Crippen LogP contribution in [-0.2, 0) is 13.1 Å². The summed E-state index contributed by atoms with van der Waals surface area (Å²) in [4.78, 5) is 14.1. The fraction of sp³-hybridized carbons (Fsp3) is 0.0645. The lowest BCUT2D eigenvalue weighted by atomic mass is 10.0. The van der Waals surface area contributed by atoms with Gasteiger partial charge >= 0.3 is 5.69 Å². The minimum Gasteiger partial charge on any atom is -0.287 e. The zero-order valence-electron chi connectivity index (χ0n) is 19.5. The summed E-state index contributed by atoms with van der Waals surface area (Å²) in [5.74, 6) is 0. The summed E-state index contributed by atoms with van der Waals surface area (Å²) in [7, 11) is 0. The molecule has 0 saturated carbocycles. The minimum absolute atomic E-state index is 0.155. The zero-order chi connectivity index (χ0) is 24.9. The van der Waals surface area contributed by atoms with Gasteiger partial charge in [-0.25, -0.2) is 4.79 Å². The number of rotatable bonds is 6. The molecule has 4 aromatic carbocycles. The fourth-order valence-corrected chi connectivity index (χ4v) is 4.51. The molecule has 5 nitrogen and oxygen atoms in total. The van der Waals surface area contributed by atoms with E-state index in [9.17, 15) is 15.3 Å². The Labute approximate surface area is 209 Å². The Morgan fingerprint density at radius 3 is 1.36 bits per heavy atom. The van der Waals surface area contributed by atoms with E-state index in [0.29, 0.717) is 24.2 Å². The van der Waals surface area contributed by atoms with Crippen LogP contribution >= 0.6 is 0 Å². The van der Waals surface area contributed by atoms with Crippen LogP contribution in [0.5, 0.6) is 0 Å². The molecule has 0 spiro atoms. The molecule has 1 heterocycles. The van der Waals surface area contributed by atoms with Crippen LogP contribution in [0.1, 0.15) is 22.3 Å². The molecule has 5 rings (SSSR count). The topological polar surface area (TPSA) is 74.5 Å². The quantitative estimate of drug-likeness (QED) is 0.316. The highest BCUT2D eigenvalue weighted by Gasteiger charge is 2.23. The van der Waals surface area contributed by atoms with Gasteiger partial charge in [0, 0.05) is 11.1 Å². The van der Waals surface area contributed by atoms with E-state index in [1.54, 1.807) is 21.3 Å². The van der Waals surface area contributed by atoms with Crippen molar-refractivity contribution in [3.63, 3.8) is 0 Å². The largest absolute Gasteiger partial charge is 0.329 e. The Balaban J connectivity index is 1.77. The monoisotopic (exact) mass is 466 g/mol. The van der Waals surface area contributed by atoms with E-state index < -0.39 is 0 Å².